The van der Waals surface area contributed by atoms with Gasteiger partial charge in [0, 0.05) is 17.0 Å². The van der Waals surface area contributed by atoms with E-state index in [0.29, 0.717) is 40.1 Å². The molecule has 0 saturated carbocycles. The molecule has 0 spiro atoms. The summed E-state index contributed by atoms with van der Waals surface area (Å²) in [5, 5.41) is 5.07. The first kappa shape index (κ1) is 18.7. The van der Waals surface area contributed by atoms with Crippen LogP contribution in [0.1, 0.15) is 35.5 Å². The first-order valence-corrected chi connectivity index (χ1v) is 10.1. The highest BCUT2D eigenvalue weighted by Crippen LogP contribution is 2.37. The molecule has 3 rings (SSSR count). The Balaban J connectivity index is 1.87. The number of aliphatic imine (C=N–C) groups is 1. The summed E-state index contributed by atoms with van der Waals surface area (Å²) in [5.41, 5.74) is 6.03. The highest BCUT2D eigenvalue weighted by Gasteiger charge is 2.32. The van der Waals surface area contributed by atoms with Crippen molar-refractivity contribution in [2.75, 3.05) is 17.7 Å². The summed E-state index contributed by atoms with van der Waals surface area (Å²) >= 11 is 2.76. The second kappa shape index (κ2) is 7.67. The standard InChI is InChI=1S/C18H20FN3O2S2/c1-3-24-14-6-8-25-15(14)16(23)21-11-4-5-13(19)12(10-11)18(2)7-9-26-17(20)22-18/h4-6,8,10H,3,7,9H2,1-2H3,(H2,20,22)(H,21,23). The van der Waals surface area contributed by atoms with Gasteiger partial charge in [-0.3, -0.25) is 9.79 Å². The molecular weight excluding hydrogens is 373 g/mol. The predicted molar refractivity (Wildman–Crippen MR) is 106 cm³/mol. The van der Waals surface area contributed by atoms with Gasteiger partial charge in [0.2, 0.25) is 0 Å². The Morgan fingerprint density at radius 2 is 2.27 bits per heavy atom. The summed E-state index contributed by atoms with van der Waals surface area (Å²) in [6.07, 6.45) is 0.673. The van der Waals surface area contributed by atoms with Crippen LogP contribution in [-0.4, -0.2) is 23.4 Å². The van der Waals surface area contributed by atoms with Crippen molar-refractivity contribution in [1.29, 1.82) is 0 Å². The smallest absolute Gasteiger partial charge is 0.269 e. The highest BCUT2D eigenvalue weighted by molar-refractivity contribution is 8.13. The summed E-state index contributed by atoms with van der Waals surface area (Å²) in [6.45, 7) is 4.20. The Hall–Kier alpha value is -2.06. The van der Waals surface area contributed by atoms with Crippen LogP contribution in [0.15, 0.2) is 34.6 Å². The number of rotatable bonds is 5. The van der Waals surface area contributed by atoms with Gasteiger partial charge < -0.3 is 15.8 Å². The Morgan fingerprint density at radius 1 is 1.46 bits per heavy atom. The number of benzene rings is 1. The number of amides is 1. The van der Waals surface area contributed by atoms with Gasteiger partial charge in [0.15, 0.2) is 5.17 Å². The molecule has 1 aliphatic rings. The lowest BCUT2D eigenvalue weighted by molar-refractivity contribution is 0.102. The lowest BCUT2D eigenvalue weighted by Gasteiger charge is -2.30. The largest absolute Gasteiger partial charge is 0.492 e. The Bertz CT molecular complexity index is 853. The fourth-order valence-electron chi connectivity index (χ4n) is 2.82. The van der Waals surface area contributed by atoms with Crippen molar-refractivity contribution in [2.45, 2.75) is 25.8 Å². The third-order valence-corrected chi connectivity index (χ3v) is 5.83. The maximum Gasteiger partial charge on any atom is 0.269 e. The third-order valence-electron chi connectivity index (χ3n) is 4.14. The number of nitrogens with two attached hydrogens (primary N) is 1. The van der Waals surface area contributed by atoms with E-state index in [0.717, 1.165) is 5.75 Å². The maximum atomic E-state index is 14.5. The minimum absolute atomic E-state index is 0.284. The summed E-state index contributed by atoms with van der Waals surface area (Å²) in [6, 6.07) is 6.28. The molecule has 1 aromatic heterocycles. The molecule has 2 heterocycles. The van der Waals surface area contributed by atoms with Crippen molar-refractivity contribution in [3.05, 3.63) is 45.9 Å². The normalized spacial score (nSPS) is 19.7. The number of thioether (sulfide) groups is 1. The minimum atomic E-state index is -0.737. The van der Waals surface area contributed by atoms with Crippen LogP contribution in [0.3, 0.4) is 0 Å². The molecule has 8 heteroatoms. The van der Waals surface area contributed by atoms with Crippen molar-refractivity contribution in [1.82, 2.24) is 0 Å². The van der Waals surface area contributed by atoms with Crippen molar-refractivity contribution >= 4 is 39.9 Å². The SMILES string of the molecule is CCOc1ccsc1C(=O)Nc1ccc(F)c(C2(C)CCSC(N)=N2)c1. The zero-order valence-corrected chi connectivity index (χ0v) is 16.2. The Labute approximate surface area is 159 Å². The second-order valence-corrected chi connectivity index (χ2v) is 8.05. The van der Waals surface area contributed by atoms with Gasteiger partial charge in [-0.25, -0.2) is 4.39 Å². The minimum Gasteiger partial charge on any atom is -0.492 e. The van der Waals surface area contributed by atoms with Gasteiger partial charge in [0.25, 0.3) is 5.91 Å². The van der Waals surface area contributed by atoms with Crippen molar-refractivity contribution < 1.29 is 13.9 Å². The van der Waals surface area contributed by atoms with Gasteiger partial charge in [0.05, 0.1) is 12.1 Å². The van der Waals surface area contributed by atoms with E-state index in [-0.39, 0.29) is 11.7 Å². The van der Waals surface area contributed by atoms with Crippen LogP contribution in [0.2, 0.25) is 0 Å². The van der Waals surface area contributed by atoms with E-state index >= 15 is 0 Å². The molecule has 0 saturated heterocycles. The predicted octanol–water partition coefficient (Wildman–Crippen LogP) is 4.21. The number of anilines is 1. The Morgan fingerprint density at radius 3 is 3.00 bits per heavy atom. The van der Waals surface area contributed by atoms with Crippen LogP contribution in [0, 0.1) is 5.82 Å². The van der Waals surface area contributed by atoms with Crippen LogP contribution in [-0.2, 0) is 5.54 Å². The zero-order valence-electron chi connectivity index (χ0n) is 14.5. The van der Waals surface area contributed by atoms with Crippen molar-refractivity contribution in [3.8, 4) is 5.75 Å². The summed E-state index contributed by atoms with van der Waals surface area (Å²) in [7, 11) is 0. The second-order valence-electron chi connectivity index (χ2n) is 6.02. The third kappa shape index (κ3) is 3.86. The van der Waals surface area contributed by atoms with E-state index in [9.17, 15) is 9.18 Å². The molecule has 0 aliphatic carbocycles. The number of hydrogen-bond donors (Lipinski definition) is 2. The maximum absolute atomic E-state index is 14.5. The molecule has 0 radical (unpaired) electrons. The van der Waals surface area contributed by atoms with E-state index in [2.05, 4.69) is 10.3 Å². The first-order chi connectivity index (χ1) is 12.4. The molecule has 1 atom stereocenters. The number of amidine groups is 1. The van der Waals surface area contributed by atoms with E-state index in [1.165, 1.54) is 29.2 Å². The van der Waals surface area contributed by atoms with Crippen molar-refractivity contribution in [2.24, 2.45) is 10.7 Å². The number of hydrogen-bond acceptors (Lipinski definition) is 6. The van der Waals surface area contributed by atoms with E-state index in [1.807, 2.05) is 13.8 Å². The molecule has 2 aromatic rings. The number of nitrogens with one attached hydrogen (secondary N) is 1. The van der Waals surface area contributed by atoms with Gasteiger partial charge in [0.1, 0.15) is 16.4 Å². The van der Waals surface area contributed by atoms with E-state index < -0.39 is 5.54 Å². The fourth-order valence-corrected chi connectivity index (χ4v) is 4.52. The lowest BCUT2D eigenvalue weighted by atomic mass is 9.89. The van der Waals surface area contributed by atoms with Gasteiger partial charge in [-0.2, -0.15) is 0 Å². The molecular formula is C18H20FN3O2S2. The zero-order chi connectivity index (χ0) is 18.7. The van der Waals surface area contributed by atoms with Gasteiger partial charge in [-0.05, 0) is 49.9 Å². The monoisotopic (exact) mass is 393 g/mol. The highest BCUT2D eigenvalue weighted by atomic mass is 32.2. The van der Waals surface area contributed by atoms with E-state index in [1.54, 1.807) is 23.6 Å². The number of ether oxygens (including phenoxy) is 1. The fraction of sp³-hybridized carbons (Fsp3) is 0.333. The molecule has 3 N–H and O–H groups in total. The molecule has 138 valence electrons. The van der Waals surface area contributed by atoms with Crippen molar-refractivity contribution in [3.63, 3.8) is 0 Å². The summed E-state index contributed by atoms with van der Waals surface area (Å²) < 4.78 is 19.9. The molecule has 1 aliphatic heterocycles. The molecule has 0 bridgehead atoms. The molecule has 1 unspecified atom stereocenters. The summed E-state index contributed by atoms with van der Waals surface area (Å²) in [4.78, 5) is 17.5. The van der Waals surface area contributed by atoms with Crippen LogP contribution < -0.4 is 15.8 Å². The van der Waals surface area contributed by atoms with Crippen LogP contribution in [0.5, 0.6) is 5.75 Å². The first-order valence-electron chi connectivity index (χ1n) is 8.23. The Kier molecular flexibility index (Phi) is 5.52. The number of nitrogens with zero attached hydrogens (tertiary/aromatic N) is 1. The number of thiophene rings is 1. The van der Waals surface area contributed by atoms with Gasteiger partial charge in [-0.15, -0.1) is 11.3 Å². The van der Waals surface area contributed by atoms with Gasteiger partial charge in [-0.1, -0.05) is 11.8 Å². The summed E-state index contributed by atoms with van der Waals surface area (Å²) in [5.74, 6) is 0.675. The molecule has 0 fully saturated rings. The van der Waals surface area contributed by atoms with Crippen LogP contribution >= 0.6 is 23.1 Å². The quantitative estimate of drug-likeness (QED) is 0.798. The molecule has 1 aromatic carbocycles. The number of halogens is 1. The average Bonchev–Trinajstić information content (AvgIpc) is 3.05. The number of carbonyl (C=O) groups excluding carboxylic acids is 1. The topological polar surface area (TPSA) is 76.7 Å². The number of carbonyl (C=O) groups is 1. The molecule has 5 nitrogen and oxygen atoms in total. The molecule has 1 amide bonds. The molecule has 26 heavy (non-hydrogen) atoms. The lowest BCUT2D eigenvalue weighted by Crippen LogP contribution is -2.29. The van der Waals surface area contributed by atoms with Crippen LogP contribution in [0.25, 0.3) is 0 Å². The average molecular weight is 394 g/mol. The van der Waals surface area contributed by atoms with Crippen LogP contribution in [0.4, 0.5) is 10.1 Å². The van der Waals surface area contributed by atoms with Gasteiger partial charge >= 0.3 is 0 Å². The van der Waals surface area contributed by atoms with E-state index in [4.69, 9.17) is 10.5 Å².